The van der Waals surface area contributed by atoms with Crippen LogP contribution in [0.5, 0.6) is 0 Å². The highest BCUT2D eigenvalue weighted by Crippen LogP contribution is 2.30. The van der Waals surface area contributed by atoms with Gasteiger partial charge >= 0.3 is 0 Å². The molecule has 4 heteroatoms. The van der Waals surface area contributed by atoms with Crippen LogP contribution in [0.3, 0.4) is 0 Å². The molecule has 4 aromatic rings. The van der Waals surface area contributed by atoms with Crippen LogP contribution in [0.25, 0.3) is 22.7 Å². The fourth-order valence-corrected chi connectivity index (χ4v) is 4.05. The third kappa shape index (κ3) is 3.07. The van der Waals surface area contributed by atoms with E-state index in [0.717, 1.165) is 45.5 Å². The molecule has 1 N–H and O–H groups in total. The summed E-state index contributed by atoms with van der Waals surface area (Å²) in [4.78, 5) is 8.35. The van der Waals surface area contributed by atoms with Gasteiger partial charge in [0, 0.05) is 28.5 Å². The van der Waals surface area contributed by atoms with Gasteiger partial charge in [0.2, 0.25) is 0 Å². The fourth-order valence-electron chi connectivity index (χ4n) is 4.05. The molecular weight excluding hydrogens is 370 g/mol. The predicted octanol–water partition coefficient (Wildman–Crippen LogP) is 5.95. The molecule has 0 bridgehead atoms. The van der Waals surface area contributed by atoms with E-state index in [1.807, 2.05) is 12.1 Å². The Labute approximate surface area is 175 Å². The van der Waals surface area contributed by atoms with Crippen LogP contribution in [-0.4, -0.2) is 22.4 Å². The van der Waals surface area contributed by atoms with Crippen molar-refractivity contribution in [1.82, 2.24) is 9.55 Å². The summed E-state index contributed by atoms with van der Waals surface area (Å²) >= 11 is 0. The van der Waals surface area contributed by atoms with Crippen LogP contribution in [0.1, 0.15) is 22.6 Å². The van der Waals surface area contributed by atoms with E-state index in [-0.39, 0.29) is 0 Å². The number of hydrogen-bond acceptors (Lipinski definition) is 2. The number of aliphatic imine (C=N–C) groups is 1. The smallest absolute Gasteiger partial charge is 0.146 e. The molecule has 0 amide bonds. The van der Waals surface area contributed by atoms with Crippen LogP contribution in [0.4, 0.5) is 0 Å². The maximum Gasteiger partial charge on any atom is 0.146 e. The first-order valence-corrected chi connectivity index (χ1v) is 10.0. The monoisotopic (exact) mass is 393 g/mol. The summed E-state index contributed by atoms with van der Waals surface area (Å²) in [6.45, 7) is 4.16. The Kier molecular flexibility index (Phi) is 4.40. The highest BCUT2D eigenvalue weighted by molar-refractivity contribution is 6.14. The molecule has 4 nitrogen and oxygen atoms in total. The van der Waals surface area contributed by atoms with Crippen molar-refractivity contribution in [3.8, 4) is 5.69 Å². The summed E-state index contributed by atoms with van der Waals surface area (Å²) in [5.41, 5.74) is 8.39. The van der Waals surface area contributed by atoms with Crippen LogP contribution in [0, 0.1) is 13.8 Å². The Bertz CT molecular complexity index is 1330. The fraction of sp³-hybridized carbons (Fsp3) is 0.115. The molecule has 0 radical (unpaired) electrons. The summed E-state index contributed by atoms with van der Waals surface area (Å²) in [6.07, 6.45) is 4.07. The molecule has 0 saturated carbocycles. The van der Waals surface area contributed by atoms with Gasteiger partial charge in [0.15, 0.2) is 0 Å². The molecule has 0 aliphatic carbocycles. The van der Waals surface area contributed by atoms with Crippen molar-refractivity contribution >= 4 is 22.7 Å². The van der Waals surface area contributed by atoms with Crippen LogP contribution in [-0.2, 0) is 4.74 Å². The molecule has 30 heavy (non-hydrogen) atoms. The number of ether oxygens (including phenoxy) is 1. The van der Waals surface area contributed by atoms with Gasteiger partial charge in [0.05, 0.1) is 24.0 Å². The minimum Gasteiger partial charge on any atom is -0.494 e. The van der Waals surface area contributed by atoms with E-state index < -0.39 is 0 Å². The Balaban J connectivity index is 1.69. The van der Waals surface area contributed by atoms with Gasteiger partial charge in [-0.2, -0.15) is 0 Å². The van der Waals surface area contributed by atoms with Crippen molar-refractivity contribution in [3.63, 3.8) is 0 Å². The summed E-state index contributed by atoms with van der Waals surface area (Å²) < 4.78 is 7.92. The number of aromatic nitrogens is 2. The molecule has 2 aromatic heterocycles. The van der Waals surface area contributed by atoms with Gasteiger partial charge in [-0.15, -0.1) is 0 Å². The molecule has 0 atom stereocenters. The Morgan fingerprint density at radius 1 is 0.967 bits per heavy atom. The molecule has 0 fully saturated rings. The van der Waals surface area contributed by atoms with Crippen LogP contribution in [0.2, 0.25) is 0 Å². The van der Waals surface area contributed by atoms with E-state index >= 15 is 0 Å². The number of benzene rings is 2. The van der Waals surface area contributed by atoms with E-state index in [2.05, 4.69) is 90.1 Å². The average molecular weight is 393 g/mol. The van der Waals surface area contributed by atoms with Crippen molar-refractivity contribution in [2.75, 3.05) is 7.11 Å². The Hall–Kier alpha value is -3.79. The van der Waals surface area contributed by atoms with E-state index in [9.17, 15) is 0 Å². The molecule has 1 aliphatic heterocycles. The van der Waals surface area contributed by atoms with Crippen molar-refractivity contribution in [1.29, 1.82) is 0 Å². The highest BCUT2D eigenvalue weighted by Gasteiger charge is 2.21. The van der Waals surface area contributed by atoms with Gasteiger partial charge in [-0.25, -0.2) is 4.99 Å². The van der Waals surface area contributed by atoms with Crippen LogP contribution < -0.4 is 0 Å². The number of fused-ring (bicyclic) bond motifs is 1. The minimum atomic E-state index is 0.765. The zero-order valence-corrected chi connectivity index (χ0v) is 17.3. The number of aromatic amines is 1. The number of aryl methyl sites for hydroxylation is 2. The van der Waals surface area contributed by atoms with Gasteiger partial charge < -0.3 is 14.3 Å². The Morgan fingerprint density at radius 2 is 1.73 bits per heavy atom. The zero-order valence-electron chi connectivity index (χ0n) is 17.3. The third-order valence-electron chi connectivity index (χ3n) is 5.44. The first kappa shape index (κ1) is 18.3. The van der Waals surface area contributed by atoms with Gasteiger partial charge in [-0.3, -0.25) is 0 Å². The molecular formula is C26H23N3O. The Morgan fingerprint density at radius 3 is 2.47 bits per heavy atom. The number of hydrogen-bond donors (Lipinski definition) is 1. The standard InChI is InChI=1S/C26H23N3O/c1-17-13-18(2)27-21(17)15-23-26(30-3)16-22(28-23)25-14-19-9-7-8-12-24(19)29(25)20-10-5-4-6-11-20/h4-16,27H,1-3H3. The van der Waals surface area contributed by atoms with Crippen molar-refractivity contribution in [2.24, 2.45) is 4.99 Å². The quantitative estimate of drug-likeness (QED) is 0.457. The summed E-state index contributed by atoms with van der Waals surface area (Å²) in [6, 6.07) is 23.1. The second-order valence-electron chi connectivity index (χ2n) is 7.55. The number of nitrogens with one attached hydrogen (secondary N) is 1. The molecule has 148 valence electrons. The summed E-state index contributed by atoms with van der Waals surface area (Å²) in [5, 5.41) is 1.18. The summed E-state index contributed by atoms with van der Waals surface area (Å²) in [5.74, 6) is 0.765. The van der Waals surface area contributed by atoms with E-state index in [4.69, 9.17) is 9.73 Å². The van der Waals surface area contributed by atoms with Crippen molar-refractivity contribution in [2.45, 2.75) is 13.8 Å². The highest BCUT2D eigenvalue weighted by atomic mass is 16.5. The number of methoxy groups -OCH3 is 1. The lowest BCUT2D eigenvalue weighted by Gasteiger charge is -2.10. The van der Waals surface area contributed by atoms with E-state index in [1.165, 1.54) is 10.9 Å². The largest absolute Gasteiger partial charge is 0.494 e. The van der Waals surface area contributed by atoms with Crippen molar-refractivity contribution < 1.29 is 4.74 Å². The molecule has 0 spiro atoms. The lowest BCUT2D eigenvalue weighted by molar-refractivity contribution is 0.303. The van der Waals surface area contributed by atoms with Gasteiger partial charge in [-0.05, 0) is 55.8 Å². The second-order valence-corrected chi connectivity index (χ2v) is 7.55. The second kappa shape index (κ2) is 7.23. The van der Waals surface area contributed by atoms with Gasteiger partial charge in [0.25, 0.3) is 0 Å². The maximum absolute atomic E-state index is 5.67. The van der Waals surface area contributed by atoms with Crippen LogP contribution in [0.15, 0.2) is 89.3 Å². The maximum atomic E-state index is 5.67. The number of para-hydroxylation sites is 2. The molecule has 1 aliphatic rings. The molecule has 0 saturated heterocycles. The molecule has 0 unspecified atom stereocenters. The van der Waals surface area contributed by atoms with Crippen LogP contribution >= 0.6 is 0 Å². The first-order chi connectivity index (χ1) is 14.6. The van der Waals surface area contributed by atoms with E-state index in [0.29, 0.717) is 0 Å². The number of rotatable bonds is 4. The molecule has 2 aromatic carbocycles. The number of H-pyrrole nitrogens is 1. The average Bonchev–Trinajstić information content (AvgIpc) is 3.43. The third-order valence-corrected chi connectivity index (χ3v) is 5.44. The molecule has 3 heterocycles. The SMILES string of the molecule is COC1=CC(c2cc3ccccc3n2-c2ccccc2)=NC1=Cc1[nH]c(C)cc1C. The lowest BCUT2D eigenvalue weighted by atomic mass is 10.2. The number of nitrogens with zero attached hydrogens (tertiary/aromatic N) is 2. The minimum absolute atomic E-state index is 0.765. The predicted molar refractivity (Wildman–Crippen MR) is 123 cm³/mol. The first-order valence-electron chi connectivity index (χ1n) is 10.0. The number of allylic oxidation sites excluding steroid dienone is 1. The topological polar surface area (TPSA) is 42.3 Å². The zero-order chi connectivity index (χ0) is 20.7. The normalized spacial score (nSPS) is 15.0. The van der Waals surface area contributed by atoms with Crippen molar-refractivity contribution in [3.05, 3.63) is 107 Å². The lowest BCUT2D eigenvalue weighted by Crippen LogP contribution is -2.05. The molecule has 5 rings (SSSR count). The van der Waals surface area contributed by atoms with Gasteiger partial charge in [0.1, 0.15) is 11.5 Å². The van der Waals surface area contributed by atoms with Gasteiger partial charge in [-0.1, -0.05) is 36.4 Å². The van der Waals surface area contributed by atoms with E-state index in [1.54, 1.807) is 7.11 Å². The summed E-state index contributed by atoms with van der Waals surface area (Å²) in [7, 11) is 1.69.